The minimum absolute atomic E-state index is 0.225. The maximum absolute atomic E-state index is 11.3. The highest BCUT2D eigenvalue weighted by Gasteiger charge is 2.01. The molecule has 0 unspecified atom stereocenters. The molecular weight excluding hydrogens is 246 g/mol. The molecule has 5 heteroatoms. The highest BCUT2D eigenvalue weighted by molar-refractivity contribution is 9.10. The Bertz CT molecular complexity index is 419. The third kappa shape index (κ3) is 2.70. The van der Waals surface area contributed by atoms with E-state index >= 15 is 0 Å². The number of nitrogens with zero attached hydrogens (tertiary/aromatic N) is 2. The summed E-state index contributed by atoms with van der Waals surface area (Å²) in [5, 5.41) is 0. The van der Waals surface area contributed by atoms with Gasteiger partial charge in [-0.1, -0.05) is 11.6 Å². The molecule has 0 aromatic carbocycles. The summed E-state index contributed by atoms with van der Waals surface area (Å²) in [5.41, 5.74) is 6.29. The summed E-state index contributed by atoms with van der Waals surface area (Å²) in [6.45, 7) is 4.47. The zero-order valence-electron chi connectivity index (χ0n) is 8.12. The Hall–Kier alpha value is -1.10. The van der Waals surface area contributed by atoms with Gasteiger partial charge in [0.2, 0.25) is 0 Å². The SMILES string of the molecule is CC(C)=CCn1cc(Br)c(N)nc1=O. The number of nitrogens with two attached hydrogens (primary N) is 1. The van der Waals surface area contributed by atoms with E-state index < -0.39 is 0 Å². The summed E-state index contributed by atoms with van der Waals surface area (Å²) in [4.78, 5) is 15.0. The molecule has 14 heavy (non-hydrogen) atoms. The molecule has 0 saturated heterocycles. The molecule has 0 aliphatic rings. The Morgan fingerprint density at radius 1 is 1.71 bits per heavy atom. The van der Waals surface area contributed by atoms with Gasteiger partial charge >= 0.3 is 5.69 Å². The molecule has 1 aromatic rings. The molecule has 1 rings (SSSR count). The number of aromatic nitrogens is 2. The number of rotatable bonds is 2. The van der Waals surface area contributed by atoms with E-state index in [4.69, 9.17) is 5.73 Å². The van der Waals surface area contributed by atoms with E-state index in [1.54, 1.807) is 6.20 Å². The number of allylic oxidation sites excluding steroid dienone is 2. The maximum Gasteiger partial charge on any atom is 0.349 e. The van der Waals surface area contributed by atoms with Crippen LogP contribution in [0.1, 0.15) is 13.8 Å². The van der Waals surface area contributed by atoms with Gasteiger partial charge in [-0.3, -0.25) is 4.57 Å². The third-order valence-corrected chi connectivity index (χ3v) is 2.28. The largest absolute Gasteiger partial charge is 0.383 e. The quantitative estimate of drug-likeness (QED) is 0.819. The van der Waals surface area contributed by atoms with Gasteiger partial charge in [-0.05, 0) is 29.8 Å². The van der Waals surface area contributed by atoms with Crippen LogP contribution in [-0.4, -0.2) is 9.55 Å². The Morgan fingerprint density at radius 3 is 2.93 bits per heavy atom. The number of anilines is 1. The van der Waals surface area contributed by atoms with Crippen molar-refractivity contribution in [1.29, 1.82) is 0 Å². The summed E-state index contributed by atoms with van der Waals surface area (Å²) in [7, 11) is 0. The standard InChI is InChI=1S/C9H12BrN3O/c1-6(2)3-4-13-5-7(10)8(11)12-9(13)14/h3,5H,4H2,1-2H3,(H2,11,12,14). The molecule has 0 aliphatic heterocycles. The van der Waals surface area contributed by atoms with Crippen LogP contribution in [0, 0.1) is 0 Å². The van der Waals surface area contributed by atoms with E-state index in [0.29, 0.717) is 11.0 Å². The van der Waals surface area contributed by atoms with Gasteiger partial charge in [0.05, 0.1) is 4.47 Å². The highest BCUT2D eigenvalue weighted by Crippen LogP contribution is 2.12. The van der Waals surface area contributed by atoms with Gasteiger partial charge in [0.1, 0.15) is 5.82 Å². The summed E-state index contributed by atoms with van der Waals surface area (Å²) in [5.74, 6) is 0.225. The number of hydrogen-bond acceptors (Lipinski definition) is 3. The van der Waals surface area contributed by atoms with Gasteiger partial charge in [-0.2, -0.15) is 4.98 Å². The molecule has 0 amide bonds. The summed E-state index contributed by atoms with van der Waals surface area (Å²) >= 11 is 3.22. The Balaban J connectivity index is 3.05. The fraction of sp³-hybridized carbons (Fsp3) is 0.333. The molecule has 0 spiro atoms. The molecule has 0 radical (unpaired) electrons. The average molecular weight is 258 g/mol. The Morgan fingerprint density at radius 2 is 2.36 bits per heavy atom. The van der Waals surface area contributed by atoms with Crippen LogP contribution in [-0.2, 0) is 6.54 Å². The maximum atomic E-state index is 11.3. The Labute approximate surface area is 90.6 Å². The zero-order chi connectivity index (χ0) is 10.7. The molecule has 0 atom stereocenters. The van der Waals surface area contributed by atoms with Crippen LogP contribution < -0.4 is 11.4 Å². The van der Waals surface area contributed by atoms with Crippen molar-refractivity contribution in [2.75, 3.05) is 5.73 Å². The second-order valence-electron chi connectivity index (χ2n) is 3.19. The first-order valence-electron chi connectivity index (χ1n) is 4.16. The first-order chi connectivity index (χ1) is 6.50. The van der Waals surface area contributed by atoms with Crippen molar-refractivity contribution in [3.63, 3.8) is 0 Å². The van der Waals surface area contributed by atoms with E-state index in [2.05, 4.69) is 20.9 Å². The minimum Gasteiger partial charge on any atom is -0.383 e. The predicted molar refractivity (Wildman–Crippen MR) is 60.0 cm³/mol. The third-order valence-electron chi connectivity index (χ3n) is 1.67. The first-order valence-corrected chi connectivity index (χ1v) is 4.96. The summed E-state index contributed by atoms with van der Waals surface area (Å²) in [6, 6.07) is 0. The summed E-state index contributed by atoms with van der Waals surface area (Å²) < 4.78 is 2.13. The van der Waals surface area contributed by atoms with Gasteiger partial charge < -0.3 is 5.73 Å². The molecule has 4 nitrogen and oxygen atoms in total. The normalized spacial score (nSPS) is 9.93. The highest BCUT2D eigenvalue weighted by atomic mass is 79.9. The lowest BCUT2D eigenvalue weighted by Crippen LogP contribution is -2.23. The molecule has 0 aliphatic carbocycles. The van der Waals surface area contributed by atoms with E-state index in [0.717, 1.165) is 5.57 Å². The minimum atomic E-state index is -0.330. The van der Waals surface area contributed by atoms with Crippen LogP contribution in [0.3, 0.4) is 0 Å². The van der Waals surface area contributed by atoms with Gasteiger partial charge in [0.15, 0.2) is 0 Å². The molecule has 2 N–H and O–H groups in total. The van der Waals surface area contributed by atoms with Crippen LogP contribution in [0.15, 0.2) is 27.1 Å². The molecule has 0 fully saturated rings. The van der Waals surface area contributed by atoms with Gasteiger partial charge in [-0.15, -0.1) is 0 Å². The lowest BCUT2D eigenvalue weighted by molar-refractivity contribution is 0.738. The van der Waals surface area contributed by atoms with Gasteiger partial charge in [0, 0.05) is 12.7 Å². The van der Waals surface area contributed by atoms with Gasteiger partial charge in [-0.25, -0.2) is 4.79 Å². The van der Waals surface area contributed by atoms with Crippen molar-refractivity contribution in [2.24, 2.45) is 0 Å². The first kappa shape index (κ1) is 11.0. The van der Waals surface area contributed by atoms with Crippen LogP contribution in [0.25, 0.3) is 0 Å². The van der Waals surface area contributed by atoms with E-state index in [1.807, 2.05) is 19.9 Å². The van der Waals surface area contributed by atoms with Crippen molar-refractivity contribution < 1.29 is 0 Å². The van der Waals surface area contributed by atoms with Crippen LogP contribution in [0.5, 0.6) is 0 Å². The molecule has 0 bridgehead atoms. The molecule has 76 valence electrons. The van der Waals surface area contributed by atoms with Crippen LogP contribution in [0.2, 0.25) is 0 Å². The van der Waals surface area contributed by atoms with Gasteiger partial charge in [0.25, 0.3) is 0 Å². The monoisotopic (exact) mass is 257 g/mol. The topological polar surface area (TPSA) is 60.9 Å². The predicted octanol–water partition coefficient (Wildman–Crippen LogP) is 1.55. The molecule has 0 saturated carbocycles. The second kappa shape index (κ2) is 4.41. The number of nitrogen functional groups attached to an aromatic ring is 1. The lowest BCUT2D eigenvalue weighted by atomic mass is 10.3. The van der Waals surface area contributed by atoms with Crippen molar-refractivity contribution in [1.82, 2.24) is 9.55 Å². The molecule has 1 aromatic heterocycles. The Kier molecular flexibility index (Phi) is 3.46. The van der Waals surface area contributed by atoms with Crippen molar-refractivity contribution in [3.8, 4) is 0 Å². The van der Waals surface area contributed by atoms with E-state index in [9.17, 15) is 4.79 Å². The fourth-order valence-electron chi connectivity index (χ4n) is 0.891. The summed E-state index contributed by atoms with van der Waals surface area (Å²) in [6.07, 6.45) is 3.59. The van der Waals surface area contributed by atoms with Crippen LogP contribution >= 0.6 is 15.9 Å². The zero-order valence-corrected chi connectivity index (χ0v) is 9.71. The smallest absolute Gasteiger partial charge is 0.349 e. The average Bonchev–Trinajstić information content (AvgIpc) is 2.09. The van der Waals surface area contributed by atoms with E-state index in [1.165, 1.54) is 4.57 Å². The molecular formula is C9H12BrN3O. The van der Waals surface area contributed by atoms with Crippen molar-refractivity contribution in [2.45, 2.75) is 20.4 Å². The van der Waals surface area contributed by atoms with Crippen molar-refractivity contribution >= 4 is 21.7 Å². The number of halogens is 1. The van der Waals surface area contributed by atoms with E-state index in [-0.39, 0.29) is 11.5 Å². The van der Waals surface area contributed by atoms with Crippen LogP contribution in [0.4, 0.5) is 5.82 Å². The lowest BCUT2D eigenvalue weighted by Gasteiger charge is -2.03. The van der Waals surface area contributed by atoms with Crippen molar-refractivity contribution in [3.05, 3.63) is 32.8 Å². The molecule has 1 heterocycles. The number of hydrogen-bond donors (Lipinski definition) is 1. The fourth-order valence-corrected chi connectivity index (χ4v) is 1.23. The second-order valence-corrected chi connectivity index (χ2v) is 4.04.